The van der Waals surface area contributed by atoms with Crippen LogP contribution in [0.3, 0.4) is 0 Å². The summed E-state index contributed by atoms with van der Waals surface area (Å²) in [5, 5.41) is 8.09. The Morgan fingerprint density at radius 2 is 2.00 bits per heavy atom. The van der Waals surface area contributed by atoms with Crippen LogP contribution in [-0.2, 0) is 10.0 Å². The number of aromatic amines is 1. The monoisotopic (exact) mass is 352 g/mol. The third-order valence-electron chi connectivity index (χ3n) is 3.16. The van der Waals surface area contributed by atoms with E-state index in [0.717, 1.165) is 5.56 Å². The molecule has 0 radical (unpaired) electrons. The van der Waals surface area contributed by atoms with E-state index in [-0.39, 0.29) is 10.8 Å². The van der Waals surface area contributed by atoms with E-state index in [1.807, 2.05) is 0 Å². The van der Waals surface area contributed by atoms with Crippen LogP contribution < -0.4 is 4.72 Å². The zero-order chi connectivity index (χ0) is 16.6. The molecular formula is C14H13ClN4O3S. The van der Waals surface area contributed by atoms with Crippen LogP contribution in [0.25, 0.3) is 11.6 Å². The summed E-state index contributed by atoms with van der Waals surface area (Å²) < 4.78 is 32.7. The van der Waals surface area contributed by atoms with Crippen molar-refractivity contribution in [3.05, 3.63) is 46.9 Å². The molecule has 3 rings (SSSR count). The number of halogens is 1. The zero-order valence-electron chi connectivity index (χ0n) is 12.3. The van der Waals surface area contributed by atoms with Crippen LogP contribution in [0.5, 0.6) is 0 Å². The topological polar surface area (TPSA) is 101 Å². The van der Waals surface area contributed by atoms with E-state index >= 15 is 0 Å². The predicted molar refractivity (Wildman–Crippen MR) is 85.8 cm³/mol. The van der Waals surface area contributed by atoms with Gasteiger partial charge in [-0.3, -0.25) is 4.72 Å². The first kappa shape index (κ1) is 15.6. The molecule has 2 N–H and O–H groups in total. The zero-order valence-corrected chi connectivity index (χ0v) is 13.9. The first-order valence-corrected chi connectivity index (χ1v) is 8.49. The molecule has 0 aliphatic carbocycles. The summed E-state index contributed by atoms with van der Waals surface area (Å²) in [6.07, 6.45) is 1.36. The highest BCUT2D eigenvalue weighted by molar-refractivity contribution is 7.92. The lowest BCUT2D eigenvalue weighted by molar-refractivity contribution is 0.531. The summed E-state index contributed by atoms with van der Waals surface area (Å²) in [7, 11) is -3.74. The molecule has 23 heavy (non-hydrogen) atoms. The molecular weight excluding hydrogens is 340 g/mol. The number of hydrogen-bond acceptors (Lipinski definition) is 5. The summed E-state index contributed by atoms with van der Waals surface area (Å²) in [4.78, 5) is 2.88. The van der Waals surface area contributed by atoms with Crippen molar-refractivity contribution in [1.29, 1.82) is 0 Å². The van der Waals surface area contributed by atoms with Crippen LogP contribution in [0.15, 0.2) is 39.8 Å². The number of hydrogen-bond donors (Lipinski definition) is 2. The van der Waals surface area contributed by atoms with E-state index in [1.165, 1.54) is 12.3 Å². The van der Waals surface area contributed by atoms with Gasteiger partial charge in [-0.1, -0.05) is 11.6 Å². The van der Waals surface area contributed by atoms with Crippen LogP contribution in [-0.4, -0.2) is 23.6 Å². The summed E-state index contributed by atoms with van der Waals surface area (Å²) in [6, 6.07) is 6.35. The molecule has 0 unspecified atom stereocenters. The van der Waals surface area contributed by atoms with Gasteiger partial charge in [0.25, 0.3) is 15.9 Å². The SMILES string of the molecule is Cc1nnc(-c2cc(S(=O)(=O)Nc3ccc(Cl)cc3C)c[nH]2)o1. The number of anilines is 1. The van der Waals surface area contributed by atoms with E-state index in [0.29, 0.717) is 22.3 Å². The minimum absolute atomic E-state index is 0.0673. The molecule has 0 spiro atoms. The molecule has 1 aromatic carbocycles. The van der Waals surface area contributed by atoms with Crippen LogP contribution >= 0.6 is 11.6 Å². The van der Waals surface area contributed by atoms with Crippen LogP contribution in [0.1, 0.15) is 11.5 Å². The second-order valence-electron chi connectivity index (χ2n) is 4.94. The summed E-state index contributed by atoms with van der Waals surface area (Å²) >= 11 is 5.87. The normalized spacial score (nSPS) is 11.6. The molecule has 0 saturated heterocycles. The molecule has 0 atom stereocenters. The van der Waals surface area contributed by atoms with Gasteiger partial charge in [0.05, 0.1) is 5.69 Å². The van der Waals surface area contributed by atoms with Crippen LogP contribution in [0.2, 0.25) is 5.02 Å². The predicted octanol–water partition coefficient (Wildman–Crippen LogP) is 3.14. The molecule has 3 aromatic rings. The average Bonchev–Trinajstić information content (AvgIpc) is 3.10. The maximum absolute atomic E-state index is 12.5. The largest absolute Gasteiger partial charge is 0.420 e. The Kier molecular flexibility index (Phi) is 3.87. The molecule has 120 valence electrons. The van der Waals surface area contributed by atoms with E-state index in [4.69, 9.17) is 16.0 Å². The highest BCUT2D eigenvalue weighted by atomic mass is 35.5. The number of aryl methyl sites for hydroxylation is 2. The molecule has 2 aromatic heterocycles. The van der Waals surface area contributed by atoms with Gasteiger partial charge in [0.15, 0.2) is 0 Å². The number of nitrogens with zero attached hydrogens (tertiary/aromatic N) is 2. The molecule has 2 heterocycles. The lowest BCUT2D eigenvalue weighted by atomic mass is 10.2. The lowest BCUT2D eigenvalue weighted by Gasteiger charge is -2.09. The quantitative estimate of drug-likeness (QED) is 0.751. The van der Waals surface area contributed by atoms with Crippen molar-refractivity contribution in [2.24, 2.45) is 0 Å². The fourth-order valence-electron chi connectivity index (χ4n) is 2.00. The molecule has 0 bridgehead atoms. The third-order valence-corrected chi connectivity index (χ3v) is 4.74. The molecule has 7 nitrogen and oxygen atoms in total. The molecule has 0 aliphatic rings. The molecule has 0 amide bonds. The molecule has 9 heteroatoms. The minimum Gasteiger partial charge on any atom is -0.420 e. The Hall–Kier alpha value is -2.32. The maximum Gasteiger partial charge on any atom is 0.264 e. The van der Waals surface area contributed by atoms with Gasteiger partial charge in [-0.2, -0.15) is 0 Å². The number of benzene rings is 1. The van der Waals surface area contributed by atoms with Gasteiger partial charge < -0.3 is 9.40 Å². The van der Waals surface area contributed by atoms with Crippen molar-refractivity contribution < 1.29 is 12.8 Å². The van der Waals surface area contributed by atoms with Crippen molar-refractivity contribution in [2.45, 2.75) is 18.7 Å². The first-order chi connectivity index (χ1) is 10.8. The summed E-state index contributed by atoms with van der Waals surface area (Å²) in [5.41, 5.74) is 1.62. The van der Waals surface area contributed by atoms with Gasteiger partial charge in [-0.15, -0.1) is 10.2 Å². The fourth-order valence-corrected chi connectivity index (χ4v) is 3.35. The first-order valence-electron chi connectivity index (χ1n) is 6.63. The van der Waals surface area contributed by atoms with E-state index < -0.39 is 10.0 Å². The fraction of sp³-hybridized carbons (Fsp3) is 0.143. The van der Waals surface area contributed by atoms with Gasteiger partial charge in [-0.05, 0) is 36.8 Å². The Morgan fingerprint density at radius 1 is 1.22 bits per heavy atom. The van der Waals surface area contributed by atoms with Crippen LogP contribution in [0, 0.1) is 13.8 Å². The Labute approximate surface area is 137 Å². The third kappa shape index (κ3) is 3.22. The number of H-pyrrole nitrogens is 1. The van der Waals surface area contributed by atoms with Crippen LogP contribution in [0.4, 0.5) is 5.69 Å². The van der Waals surface area contributed by atoms with Crippen molar-refractivity contribution in [2.75, 3.05) is 4.72 Å². The van der Waals surface area contributed by atoms with Gasteiger partial charge in [0.2, 0.25) is 5.89 Å². The van der Waals surface area contributed by atoms with Gasteiger partial charge >= 0.3 is 0 Å². The maximum atomic E-state index is 12.5. The molecule has 0 saturated carbocycles. The summed E-state index contributed by atoms with van der Waals surface area (Å²) in [6.45, 7) is 3.43. The van der Waals surface area contributed by atoms with E-state index in [2.05, 4.69) is 19.9 Å². The van der Waals surface area contributed by atoms with Gasteiger partial charge in [-0.25, -0.2) is 8.42 Å². The summed E-state index contributed by atoms with van der Waals surface area (Å²) in [5.74, 6) is 0.626. The van der Waals surface area contributed by atoms with Gasteiger partial charge in [0.1, 0.15) is 10.6 Å². The highest BCUT2D eigenvalue weighted by Crippen LogP contribution is 2.25. The second-order valence-corrected chi connectivity index (χ2v) is 7.06. The number of sulfonamides is 1. The standard InChI is InChI=1S/C14H13ClN4O3S/c1-8-5-10(15)3-4-12(8)19-23(20,21)11-6-13(16-7-11)14-18-17-9(2)22-14/h3-7,16,19H,1-2H3. The van der Waals surface area contributed by atoms with E-state index in [1.54, 1.807) is 32.0 Å². The number of rotatable bonds is 4. The Morgan fingerprint density at radius 3 is 2.65 bits per heavy atom. The Bertz CT molecular complexity index is 962. The van der Waals surface area contributed by atoms with Gasteiger partial charge in [0, 0.05) is 18.1 Å². The average molecular weight is 353 g/mol. The van der Waals surface area contributed by atoms with E-state index in [9.17, 15) is 8.42 Å². The highest BCUT2D eigenvalue weighted by Gasteiger charge is 2.19. The smallest absolute Gasteiger partial charge is 0.264 e. The molecule has 0 aliphatic heterocycles. The second kappa shape index (κ2) is 5.71. The lowest BCUT2D eigenvalue weighted by Crippen LogP contribution is -2.12. The Balaban J connectivity index is 1.89. The van der Waals surface area contributed by atoms with Crippen molar-refractivity contribution in [3.63, 3.8) is 0 Å². The number of aromatic nitrogens is 3. The van der Waals surface area contributed by atoms with Crippen molar-refractivity contribution in [1.82, 2.24) is 15.2 Å². The molecule has 0 fully saturated rings. The minimum atomic E-state index is -3.74. The number of nitrogens with one attached hydrogen (secondary N) is 2. The van der Waals surface area contributed by atoms with Crippen molar-refractivity contribution in [3.8, 4) is 11.6 Å². The van der Waals surface area contributed by atoms with Crippen molar-refractivity contribution >= 4 is 27.3 Å².